The van der Waals surface area contributed by atoms with Crippen molar-refractivity contribution in [3.8, 4) is 11.8 Å². The fourth-order valence-electron chi connectivity index (χ4n) is 2.25. The third-order valence-corrected chi connectivity index (χ3v) is 3.72. The predicted molar refractivity (Wildman–Crippen MR) is 74.5 cm³/mol. The van der Waals surface area contributed by atoms with E-state index in [1.807, 2.05) is 24.3 Å². The van der Waals surface area contributed by atoms with Crippen LogP contribution in [0.3, 0.4) is 0 Å². The standard InChI is InChI=1S/C14H17BrN2O/c15-12-4-3-5-14(10-12)18-11-13(6-7-16)17-8-1-2-9-17/h3-5,10,13H,1-2,6,8-9,11H2. The van der Waals surface area contributed by atoms with Gasteiger partial charge in [0.05, 0.1) is 18.5 Å². The Kier molecular flexibility index (Phi) is 5.03. The molecule has 1 unspecified atom stereocenters. The molecule has 3 nitrogen and oxygen atoms in total. The zero-order valence-electron chi connectivity index (χ0n) is 10.3. The first-order valence-corrected chi connectivity index (χ1v) is 7.08. The third kappa shape index (κ3) is 3.72. The van der Waals surface area contributed by atoms with E-state index < -0.39 is 0 Å². The summed E-state index contributed by atoms with van der Waals surface area (Å²) >= 11 is 3.42. The maximum Gasteiger partial charge on any atom is 0.120 e. The quantitative estimate of drug-likeness (QED) is 0.838. The van der Waals surface area contributed by atoms with Crippen LogP contribution in [-0.2, 0) is 0 Å². The van der Waals surface area contributed by atoms with Gasteiger partial charge in [0, 0.05) is 4.47 Å². The van der Waals surface area contributed by atoms with Crippen molar-refractivity contribution in [2.24, 2.45) is 0 Å². The van der Waals surface area contributed by atoms with Crippen molar-refractivity contribution in [2.45, 2.75) is 25.3 Å². The van der Waals surface area contributed by atoms with Crippen molar-refractivity contribution >= 4 is 15.9 Å². The van der Waals surface area contributed by atoms with Gasteiger partial charge in [-0.25, -0.2) is 0 Å². The molecule has 0 aliphatic carbocycles. The number of nitriles is 1. The molecule has 1 aliphatic heterocycles. The second kappa shape index (κ2) is 6.77. The molecule has 0 aromatic heterocycles. The second-order valence-corrected chi connectivity index (χ2v) is 5.44. The molecule has 0 saturated carbocycles. The zero-order valence-corrected chi connectivity index (χ0v) is 11.9. The average molecular weight is 309 g/mol. The number of halogens is 1. The van der Waals surface area contributed by atoms with E-state index in [0.29, 0.717) is 13.0 Å². The first-order chi connectivity index (χ1) is 8.79. The molecular weight excluding hydrogens is 292 g/mol. The number of hydrogen-bond acceptors (Lipinski definition) is 3. The summed E-state index contributed by atoms with van der Waals surface area (Å²) in [6.07, 6.45) is 3.01. The highest BCUT2D eigenvalue weighted by Gasteiger charge is 2.22. The molecule has 4 heteroatoms. The highest BCUT2D eigenvalue weighted by molar-refractivity contribution is 9.10. The minimum atomic E-state index is 0.219. The van der Waals surface area contributed by atoms with Crippen LogP contribution in [0.5, 0.6) is 5.75 Å². The Labute approximate surface area is 116 Å². The van der Waals surface area contributed by atoms with Crippen LogP contribution in [0.2, 0.25) is 0 Å². The average Bonchev–Trinajstić information content (AvgIpc) is 2.88. The molecule has 0 amide bonds. The van der Waals surface area contributed by atoms with Crippen LogP contribution in [0.25, 0.3) is 0 Å². The Bertz CT molecular complexity index is 424. The fraction of sp³-hybridized carbons (Fsp3) is 0.500. The molecular formula is C14H17BrN2O. The Morgan fingerprint density at radius 1 is 1.39 bits per heavy atom. The van der Waals surface area contributed by atoms with E-state index >= 15 is 0 Å². The van der Waals surface area contributed by atoms with Crippen LogP contribution in [-0.4, -0.2) is 30.6 Å². The number of hydrogen-bond donors (Lipinski definition) is 0. The number of rotatable bonds is 5. The van der Waals surface area contributed by atoms with Gasteiger partial charge in [-0.05, 0) is 44.1 Å². The van der Waals surface area contributed by atoms with Crippen LogP contribution < -0.4 is 4.74 Å². The summed E-state index contributed by atoms with van der Waals surface area (Å²) < 4.78 is 6.80. The Morgan fingerprint density at radius 3 is 2.83 bits per heavy atom. The van der Waals surface area contributed by atoms with Crippen molar-refractivity contribution in [1.29, 1.82) is 5.26 Å². The second-order valence-electron chi connectivity index (χ2n) is 4.53. The number of likely N-dealkylation sites (tertiary alicyclic amines) is 1. The highest BCUT2D eigenvalue weighted by Crippen LogP contribution is 2.20. The Hall–Kier alpha value is -1.05. The maximum atomic E-state index is 8.90. The third-order valence-electron chi connectivity index (χ3n) is 3.22. The fourth-order valence-corrected chi connectivity index (χ4v) is 2.63. The van der Waals surface area contributed by atoms with E-state index in [4.69, 9.17) is 10.00 Å². The molecule has 1 heterocycles. The summed E-state index contributed by atoms with van der Waals surface area (Å²) in [7, 11) is 0. The van der Waals surface area contributed by atoms with E-state index in [0.717, 1.165) is 23.3 Å². The first kappa shape index (κ1) is 13.4. The van der Waals surface area contributed by atoms with Crippen LogP contribution in [0, 0.1) is 11.3 Å². The molecule has 0 radical (unpaired) electrons. The van der Waals surface area contributed by atoms with Gasteiger partial charge in [-0.3, -0.25) is 4.90 Å². The number of benzene rings is 1. The smallest absolute Gasteiger partial charge is 0.120 e. The summed E-state index contributed by atoms with van der Waals surface area (Å²) in [5.41, 5.74) is 0. The van der Waals surface area contributed by atoms with Gasteiger partial charge >= 0.3 is 0 Å². The summed E-state index contributed by atoms with van der Waals surface area (Å²) in [6.45, 7) is 2.77. The molecule has 1 saturated heterocycles. The minimum Gasteiger partial charge on any atom is -0.492 e. The lowest BCUT2D eigenvalue weighted by molar-refractivity contribution is 0.162. The molecule has 1 aromatic rings. The topological polar surface area (TPSA) is 36.3 Å². The monoisotopic (exact) mass is 308 g/mol. The van der Waals surface area contributed by atoms with Gasteiger partial charge in [0.25, 0.3) is 0 Å². The Morgan fingerprint density at radius 2 is 2.17 bits per heavy atom. The molecule has 96 valence electrons. The van der Waals surface area contributed by atoms with Crippen molar-refractivity contribution in [3.63, 3.8) is 0 Å². The molecule has 1 atom stereocenters. The normalized spacial score (nSPS) is 17.3. The molecule has 1 aromatic carbocycles. The van der Waals surface area contributed by atoms with Gasteiger partial charge in [0.15, 0.2) is 0 Å². The molecule has 0 bridgehead atoms. The molecule has 0 spiro atoms. The maximum absolute atomic E-state index is 8.90. The summed E-state index contributed by atoms with van der Waals surface area (Å²) in [4.78, 5) is 2.36. The van der Waals surface area contributed by atoms with Crippen molar-refractivity contribution < 1.29 is 4.74 Å². The number of nitrogens with zero attached hydrogens (tertiary/aromatic N) is 2. The first-order valence-electron chi connectivity index (χ1n) is 6.29. The van der Waals surface area contributed by atoms with Crippen LogP contribution in [0.4, 0.5) is 0 Å². The summed E-state index contributed by atoms with van der Waals surface area (Å²) in [5.74, 6) is 0.853. The van der Waals surface area contributed by atoms with E-state index in [-0.39, 0.29) is 6.04 Å². The van der Waals surface area contributed by atoms with E-state index in [9.17, 15) is 0 Å². The van der Waals surface area contributed by atoms with Crippen molar-refractivity contribution in [1.82, 2.24) is 4.90 Å². The largest absolute Gasteiger partial charge is 0.492 e. The van der Waals surface area contributed by atoms with Crippen LogP contribution in [0.1, 0.15) is 19.3 Å². The van der Waals surface area contributed by atoms with Gasteiger partial charge in [-0.1, -0.05) is 22.0 Å². The van der Waals surface area contributed by atoms with Crippen LogP contribution >= 0.6 is 15.9 Å². The van der Waals surface area contributed by atoms with Gasteiger partial charge < -0.3 is 4.74 Å². The summed E-state index contributed by atoms with van der Waals surface area (Å²) in [6, 6.07) is 10.3. The molecule has 0 N–H and O–H groups in total. The lowest BCUT2D eigenvalue weighted by Gasteiger charge is -2.25. The van der Waals surface area contributed by atoms with Gasteiger partial charge in [0.1, 0.15) is 12.4 Å². The molecule has 18 heavy (non-hydrogen) atoms. The SMILES string of the molecule is N#CCC(COc1cccc(Br)c1)N1CCCC1. The summed E-state index contributed by atoms with van der Waals surface area (Å²) in [5, 5.41) is 8.90. The highest BCUT2D eigenvalue weighted by atomic mass is 79.9. The lowest BCUT2D eigenvalue weighted by atomic mass is 10.2. The number of ether oxygens (including phenoxy) is 1. The molecule has 2 rings (SSSR count). The Balaban J connectivity index is 1.91. The van der Waals surface area contributed by atoms with E-state index in [2.05, 4.69) is 26.9 Å². The van der Waals surface area contributed by atoms with Crippen molar-refractivity contribution in [3.05, 3.63) is 28.7 Å². The van der Waals surface area contributed by atoms with E-state index in [1.54, 1.807) is 0 Å². The minimum absolute atomic E-state index is 0.219. The van der Waals surface area contributed by atoms with Crippen LogP contribution in [0.15, 0.2) is 28.7 Å². The lowest BCUT2D eigenvalue weighted by Crippen LogP contribution is -2.37. The van der Waals surface area contributed by atoms with E-state index in [1.165, 1.54) is 12.8 Å². The van der Waals surface area contributed by atoms with Gasteiger partial charge in [-0.15, -0.1) is 0 Å². The molecule has 1 fully saturated rings. The molecule has 1 aliphatic rings. The van der Waals surface area contributed by atoms with Crippen molar-refractivity contribution in [2.75, 3.05) is 19.7 Å². The zero-order chi connectivity index (χ0) is 12.8. The van der Waals surface area contributed by atoms with Gasteiger partial charge in [-0.2, -0.15) is 5.26 Å². The van der Waals surface area contributed by atoms with Gasteiger partial charge in [0.2, 0.25) is 0 Å². The predicted octanol–water partition coefficient (Wildman–Crippen LogP) is 3.21.